The Bertz CT molecular complexity index is 852. The first-order valence-electron chi connectivity index (χ1n) is 8.58. The molecular weight excluding hydrogens is 366 g/mol. The molecule has 0 unspecified atom stereocenters. The highest BCUT2D eigenvalue weighted by Gasteiger charge is 2.19. The number of aryl methyl sites for hydroxylation is 1. The van der Waals surface area contributed by atoms with Gasteiger partial charge in [0.25, 0.3) is 11.6 Å². The summed E-state index contributed by atoms with van der Waals surface area (Å²) < 4.78 is 5.26. The molecule has 4 N–H and O–H groups in total. The van der Waals surface area contributed by atoms with Crippen LogP contribution in [0.15, 0.2) is 36.4 Å². The summed E-state index contributed by atoms with van der Waals surface area (Å²) in [6.45, 7) is 1.37. The SMILES string of the molecule is COc1cc(CNC(=O)c2cc([N+](=O)[O-])ccc2NC(CO)CO)ccc1C. The summed E-state index contributed by atoms with van der Waals surface area (Å²) in [7, 11) is 1.56. The number of rotatable bonds is 9. The molecule has 0 aromatic heterocycles. The number of carbonyl (C=O) groups is 1. The number of nitro benzene ring substituents is 1. The summed E-state index contributed by atoms with van der Waals surface area (Å²) in [4.78, 5) is 23.1. The van der Waals surface area contributed by atoms with Crippen LogP contribution in [0.4, 0.5) is 11.4 Å². The van der Waals surface area contributed by atoms with Crippen molar-refractivity contribution in [3.8, 4) is 5.75 Å². The third-order valence-electron chi connectivity index (χ3n) is 4.18. The molecule has 0 atom stereocenters. The number of benzene rings is 2. The molecule has 9 heteroatoms. The number of aliphatic hydroxyl groups is 2. The van der Waals surface area contributed by atoms with Crippen LogP contribution in [0.3, 0.4) is 0 Å². The fourth-order valence-corrected chi connectivity index (χ4v) is 2.58. The van der Waals surface area contributed by atoms with E-state index in [1.54, 1.807) is 13.2 Å². The number of nitro groups is 1. The minimum Gasteiger partial charge on any atom is -0.496 e. The molecule has 0 heterocycles. The van der Waals surface area contributed by atoms with Crippen molar-refractivity contribution < 1.29 is 24.7 Å². The van der Waals surface area contributed by atoms with Gasteiger partial charge in [0.2, 0.25) is 0 Å². The molecule has 150 valence electrons. The van der Waals surface area contributed by atoms with E-state index in [0.717, 1.165) is 17.2 Å². The van der Waals surface area contributed by atoms with Crippen molar-refractivity contribution in [3.05, 3.63) is 63.2 Å². The van der Waals surface area contributed by atoms with Gasteiger partial charge >= 0.3 is 0 Å². The number of nitrogens with zero attached hydrogens (tertiary/aromatic N) is 1. The van der Waals surface area contributed by atoms with Crippen LogP contribution in [-0.4, -0.2) is 47.4 Å². The van der Waals surface area contributed by atoms with E-state index in [4.69, 9.17) is 4.74 Å². The molecule has 0 saturated heterocycles. The Labute approximate surface area is 162 Å². The lowest BCUT2D eigenvalue weighted by Crippen LogP contribution is -2.30. The van der Waals surface area contributed by atoms with Gasteiger partial charge in [0, 0.05) is 24.4 Å². The highest BCUT2D eigenvalue weighted by molar-refractivity contribution is 6.00. The second-order valence-electron chi connectivity index (χ2n) is 6.18. The molecule has 9 nitrogen and oxygen atoms in total. The summed E-state index contributed by atoms with van der Waals surface area (Å²) in [6.07, 6.45) is 0. The molecule has 0 fully saturated rings. The summed E-state index contributed by atoms with van der Waals surface area (Å²) in [5.41, 5.74) is 1.84. The summed E-state index contributed by atoms with van der Waals surface area (Å²) in [5.74, 6) is 0.165. The molecule has 2 rings (SSSR count). The molecular formula is C19H23N3O6. The maximum absolute atomic E-state index is 12.7. The Hall–Kier alpha value is -3.17. The number of hydrogen-bond acceptors (Lipinski definition) is 7. The van der Waals surface area contributed by atoms with E-state index < -0.39 is 16.9 Å². The van der Waals surface area contributed by atoms with Gasteiger partial charge in [-0.2, -0.15) is 0 Å². The van der Waals surface area contributed by atoms with Crippen molar-refractivity contribution in [2.45, 2.75) is 19.5 Å². The van der Waals surface area contributed by atoms with Gasteiger partial charge in [0.1, 0.15) is 5.75 Å². The van der Waals surface area contributed by atoms with Gasteiger partial charge in [-0.3, -0.25) is 14.9 Å². The Balaban J connectivity index is 2.24. The lowest BCUT2D eigenvalue weighted by molar-refractivity contribution is -0.384. The minimum atomic E-state index is -0.700. The maximum atomic E-state index is 12.7. The second-order valence-corrected chi connectivity index (χ2v) is 6.18. The van der Waals surface area contributed by atoms with Crippen LogP contribution in [-0.2, 0) is 6.54 Å². The summed E-state index contributed by atoms with van der Waals surface area (Å²) in [5, 5.41) is 35.1. The van der Waals surface area contributed by atoms with Gasteiger partial charge in [-0.1, -0.05) is 12.1 Å². The number of ether oxygens (including phenoxy) is 1. The number of nitrogens with one attached hydrogen (secondary N) is 2. The molecule has 0 radical (unpaired) electrons. The number of carbonyl (C=O) groups excluding carboxylic acids is 1. The highest BCUT2D eigenvalue weighted by atomic mass is 16.6. The third-order valence-corrected chi connectivity index (χ3v) is 4.18. The largest absolute Gasteiger partial charge is 0.496 e. The van der Waals surface area contributed by atoms with E-state index in [0.29, 0.717) is 5.75 Å². The fraction of sp³-hybridized carbons (Fsp3) is 0.316. The van der Waals surface area contributed by atoms with Crippen LogP contribution in [0.25, 0.3) is 0 Å². The quantitative estimate of drug-likeness (QED) is 0.378. The zero-order chi connectivity index (χ0) is 20.7. The van der Waals surface area contributed by atoms with Crippen molar-refractivity contribution in [1.29, 1.82) is 0 Å². The Morgan fingerprint density at radius 2 is 1.93 bits per heavy atom. The minimum absolute atomic E-state index is 0.0418. The average Bonchev–Trinajstić information content (AvgIpc) is 2.70. The molecule has 0 saturated carbocycles. The molecule has 0 aliphatic rings. The monoisotopic (exact) mass is 389 g/mol. The standard InChI is InChI=1S/C19H23N3O6/c1-12-3-4-13(7-18(12)28-2)9-20-19(25)16-8-15(22(26)27)5-6-17(16)21-14(10-23)11-24/h3-8,14,21,23-24H,9-11H2,1-2H3,(H,20,25). The predicted molar refractivity (Wildman–Crippen MR) is 104 cm³/mol. The molecule has 28 heavy (non-hydrogen) atoms. The van der Waals surface area contributed by atoms with Crippen LogP contribution in [0.2, 0.25) is 0 Å². The van der Waals surface area contributed by atoms with Gasteiger partial charge in [-0.05, 0) is 30.2 Å². The number of non-ortho nitro benzene ring substituents is 1. The first-order valence-corrected chi connectivity index (χ1v) is 8.58. The maximum Gasteiger partial charge on any atom is 0.270 e. The second kappa shape index (κ2) is 9.67. The molecule has 0 aliphatic carbocycles. The summed E-state index contributed by atoms with van der Waals surface area (Å²) >= 11 is 0. The van der Waals surface area contributed by atoms with Crippen LogP contribution < -0.4 is 15.4 Å². The smallest absolute Gasteiger partial charge is 0.270 e. The summed E-state index contributed by atoms with van der Waals surface area (Å²) in [6, 6.07) is 8.59. The van der Waals surface area contributed by atoms with Crippen LogP contribution in [0.1, 0.15) is 21.5 Å². The lowest BCUT2D eigenvalue weighted by Gasteiger charge is -2.18. The predicted octanol–water partition coefficient (Wildman–Crippen LogP) is 1.61. The van der Waals surface area contributed by atoms with E-state index in [9.17, 15) is 25.1 Å². The van der Waals surface area contributed by atoms with E-state index in [-0.39, 0.29) is 36.7 Å². The zero-order valence-electron chi connectivity index (χ0n) is 15.6. The van der Waals surface area contributed by atoms with E-state index in [1.165, 1.54) is 12.1 Å². The molecule has 0 bridgehead atoms. The van der Waals surface area contributed by atoms with Gasteiger partial charge < -0.3 is 25.6 Å². The zero-order valence-corrected chi connectivity index (χ0v) is 15.6. The first-order chi connectivity index (χ1) is 13.4. The van der Waals surface area contributed by atoms with Crippen molar-refractivity contribution in [2.75, 3.05) is 25.6 Å². The normalized spacial score (nSPS) is 10.6. The number of aliphatic hydroxyl groups excluding tert-OH is 2. The number of methoxy groups -OCH3 is 1. The topological polar surface area (TPSA) is 134 Å². The average molecular weight is 389 g/mol. The number of hydrogen-bond donors (Lipinski definition) is 4. The third kappa shape index (κ3) is 5.18. The lowest BCUT2D eigenvalue weighted by atomic mass is 10.1. The van der Waals surface area contributed by atoms with Crippen molar-refractivity contribution in [1.82, 2.24) is 5.32 Å². The van der Waals surface area contributed by atoms with Gasteiger partial charge in [-0.15, -0.1) is 0 Å². The van der Waals surface area contributed by atoms with Crippen molar-refractivity contribution in [2.24, 2.45) is 0 Å². The number of amides is 1. The number of anilines is 1. The first kappa shape index (κ1) is 21.1. The molecule has 1 amide bonds. The van der Waals surface area contributed by atoms with E-state index in [1.807, 2.05) is 19.1 Å². The van der Waals surface area contributed by atoms with Crippen LogP contribution in [0.5, 0.6) is 5.75 Å². The Morgan fingerprint density at radius 1 is 1.21 bits per heavy atom. The van der Waals surface area contributed by atoms with Crippen LogP contribution >= 0.6 is 0 Å². The van der Waals surface area contributed by atoms with Gasteiger partial charge in [0.05, 0.1) is 36.9 Å². The highest BCUT2D eigenvalue weighted by Crippen LogP contribution is 2.23. The molecule has 0 spiro atoms. The molecule has 2 aromatic rings. The fourth-order valence-electron chi connectivity index (χ4n) is 2.58. The molecule has 2 aromatic carbocycles. The van der Waals surface area contributed by atoms with Gasteiger partial charge in [0.15, 0.2) is 0 Å². The Kier molecular flexibility index (Phi) is 7.30. The van der Waals surface area contributed by atoms with E-state index >= 15 is 0 Å². The van der Waals surface area contributed by atoms with Crippen LogP contribution in [0, 0.1) is 17.0 Å². The Morgan fingerprint density at radius 3 is 2.54 bits per heavy atom. The van der Waals surface area contributed by atoms with Crippen molar-refractivity contribution in [3.63, 3.8) is 0 Å². The van der Waals surface area contributed by atoms with E-state index in [2.05, 4.69) is 10.6 Å². The van der Waals surface area contributed by atoms with Crippen molar-refractivity contribution >= 4 is 17.3 Å². The van der Waals surface area contributed by atoms with Gasteiger partial charge in [-0.25, -0.2) is 0 Å². The molecule has 0 aliphatic heterocycles.